The van der Waals surface area contributed by atoms with Gasteiger partial charge < -0.3 is 19.3 Å². The molecule has 6 heteroatoms. The molecule has 3 aromatic carbocycles. The van der Waals surface area contributed by atoms with Crippen molar-refractivity contribution >= 4 is 5.97 Å². The van der Waals surface area contributed by atoms with E-state index < -0.39 is 0 Å². The molecule has 1 heterocycles. The van der Waals surface area contributed by atoms with Crippen molar-refractivity contribution in [1.29, 1.82) is 0 Å². The smallest absolute Gasteiger partial charge is 0.344 e. The van der Waals surface area contributed by atoms with Crippen LogP contribution in [0.3, 0.4) is 0 Å². The van der Waals surface area contributed by atoms with Gasteiger partial charge in [-0.25, -0.2) is 4.79 Å². The van der Waals surface area contributed by atoms with Gasteiger partial charge in [0.15, 0.2) is 6.61 Å². The topological polar surface area (TPSA) is 68.2 Å². The lowest BCUT2D eigenvalue weighted by Crippen LogP contribution is -2.40. The van der Waals surface area contributed by atoms with E-state index in [1.165, 1.54) is 5.56 Å². The summed E-state index contributed by atoms with van der Waals surface area (Å²) >= 11 is 0. The van der Waals surface area contributed by atoms with Gasteiger partial charge in [-0.05, 0) is 60.8 Å². The van der Waals surface area contributed by atoms with Gasteiger partial charge in [0, 0.05) is 13.1 Å². The van der Waals surface area contributed by atoms with Crippen LogP contribution in [0.25, 0.3) is 0 Å². The van der Waals surface area contributed by atoms with Gasteiger partial charge >= 0.3 is 5.97 Å². The van der Waals surface area contributed by atoms with Crippen molar-refractivity contribution in [1.82, 2.24) is 4.90 Å². The van der Waals surface area contributed by atoms with Crippen LogP contribution < -0.4 is 4.74 Å². The molecule has 0 aromatic heterocycles. The fourth-order valence-corrected chi connectivity index (χ4v) is 5.77. The molecule has 3 aromatic rings. The molecule has 206 valence electrons. The molecule has 0 bridgehead atoms. The predicted molar refractivity (Wildman–Crippen MR) is 150 cm³/mol. The Morgan fingerprint density at radius 1 is 0.821 bits per heavy atom. The lowest BCUT2D eigenvalue weighted by molar-refractivity contribution is -0.147. The summed E-state index contributed by atoms with van der Waals surface area (Å²) in [4.78, 5) is 14.6. The summed E-state index contributed by atoms with van der Waals surface area (Å²) in [5, 5.41) is 10.6. The molecule has 1 saturated carbocycles. The molecule has 1 N–H and O–H groups in total. The van der Waals surface area contributed by atoms with E-state index in [0.717, 1.165) is 62.1 Å². The average molecular weight is 530 g/mol. The number of hydrogen-bond acceptors (Lipinski definition) is 6. The highest BCUT2D eigenvalue weighted by molar-refractivity contribution is 5.71. The molecule has 0 amide bonds. The molecular formula is C33H39NO5. The zero-order valence-corrected chi connectivity index (χ0v) is 22.5. The maximum Gasteiger partial charge on any atom is 0.344 e. The number of likely N-dealkylation sites (tertiary alicyclic amines) is 1. The van der Waals surface area contributed by atoms with Crippen LogP contribution in [-0.4, -0.2) is 54.0 Å². The quantitative estimate of drug-likeness (QED) is 0.332. The van der Waals surface area contributed by atoms with Gasteiger partial charge in [-0.15, -0.1) is 0 Å². The zero-order chi connectivity index (χ0) is 26.9. The summed E-state index contributed by atoms with van der Waals surface area (Å²) in [6.07, 6.45) is 4.61. The van der Waals surface area contributed by atoms with Crippen LogP contribution in [0.1, 0.15) is 54.7 Å². The summed E-state index contributed by atoms with van der Waals surface area (Å²) in [5.74, 6) is 0.748. The Kier molecular flexibility index (Phi) is 9.65. The lowest BCUT2D eigenvalue weighted by atomic mass is 9.82. The molecule has 2 aliphatic rings. The van der Waals surface area contributed by atoms with Gasteiger partial charge in [-0.1, -0.05) is 78.9 Å². The number of aliphatic hydroxyl groups is 1. The second kappa shape index (κ2) is 13.7. The van der Waals surface area contributed by atoms with Gasteiger partial charge in [0.1, 0.15) is 12.4 Å². The van der Waals surface area contributed by atoms with E-state index in [4.69, 9.17) is 14.2 Å². The zero-order valence-electron chi connectivity index (χ0n) is 22.5. The number of aliphatic hydroxyl groups excluding tert-OH is 1. The Balaban J connectivity index is 1.08. The molecule has 1 aliphatic heterocycles. The summed E-state index contributed by atoms with van der Waals surface area (Å²) in [6, 6.07) is 28.1. The summed E-state index contributed by atoms with van der Waals surface area (Å²) in [5.41, 5.74) is 3.37. The highest BCUT2D eigenvalue weighted by Crippen LogP contribution is 2.38. The minimum atomic E-state index is -0.374. The number of carbonyl (C=O) groups excluding carboxylic acids is 1. The van der Waals surface area contributed by atoms with E-state index >= 15 is 0 Å². The Morgan fingerprint density at radius 3 is 2.23 bits per heavy atom. The summed E-state index contributed by atoms with van der Waals surface area (Å²) in [6.45, 7) is 2.44. The van der Waals surface area contributed by atoms with Gasteiger partial charge in [0.2, 0.25) is 0 Å². The normalized spacial score (nSPS) is 23.4. The second-order valence-electron chi connectivity index (χ2n) is 10.7. The van der Waals surface area contributed by atoms with Crippen LogP contribution >= 0.6 is 0 Å². The number of nitrogens with zero attached hydrogens (tertiary/aromatic N) is 1. The molecule has 0 spiro atoms. The summed E-state index contributed by atoms with van der Waals surface area (Å²) in [7, 11) is 0. The first-order valence-corrected chi connectivity index (χ1v) is 14.1. The highest BCUT2D eigenvalue weighted by atomic mass is 16.6. The molecule has 0 radical (unpaired) electrons. The van der Waals surface area contributed by atoms with Crippen molar-refractivity contribution in [3.8, 4) is 5.75 Å². The summed E-state index contributed by atoms with van der Waals surface area (Å²) < 4.78 is 17.6. The van der Waals surface area contributed by atoms with E-state index in [1.807, 2.05) is 54.6 Å². The number of rotatable bonds is 11. The molecule has 1 saturated heterocycles. The number of hydrogen-bond donors (Lipinski definition) is 1. The molecule has 39 heavy (non-hydrogen) atoms. The molecule has 1 aliphatic carbocycles. The molecule has 2 atom stereocenters. The van der Waals surface area contributed by atoms with Crippen LogP contribution in [0.15, 0.2) is 84.9 Å². The molecule has 0 unspecified atom stereocenters. The van der Waals surface area contributed by atoms with Gasteiger partial charge in [-0.3, -0.25) is 4.90 Å². The Hall–Kier alpha value is -3.19. The van der Waals surface area contributed by atoms with Crippen LogP contribution in [0.2, 0.25) is 0 Å². The first-order chi connectivity index (χ1) is 19.2. The predicted octanol–water partition coefficient (Wildman–Crippen LogP) is 5.49. The van der Waals surface area contributed by atoms with Crippen LogP contribution in [-0.2, 0) is 27.4 Å². The number of carbonyl (C=O) groups is 1. The average Bonchev–Trinajstić information content (AvgIpc) is 3.33. The van der Waals surface area contributed by atoms with Crippen LogP contribution in [0.4, 0.5) is 0 Å². The number of benzene rings is 3. The highest BCUT2D eigenvalue weighted by Gasteiger charge is 2.34. The molecule has 2 fully saturated rings. The SMILES string of the molecule is O=C(COc1ccccc1C1CCC(OC[C@H]2[C@H](O)CCN2Cc2ccccc2)CC1)OCc1ccccc1. The van der Waals surface area contributed by atoms with E-state index in [9.17, 15) is 9.90 Å². The van der Waals surface area contributed by atoms with E-state index in [2.05, 4.69) is 35.2 Å². The molecular weight excluding hydrogens is 490 g/mol. The first kappa shape index (κ1) is 27.4. The van der Waals surface area contributed by atoms with Crippen molar-refractivity contribution in [2.75, 3.05) is 19.8 Å². The first-order valence-electron chi connectivity index (χ1n) is 14.1. The van der Waals surface area contributed by atoms with Crippen molar-refractivity contribution in [3.63, 3.8) is 0 Å². The Morgan fingerprint density at radius 2 is 1.49 bits per heavy atom. The van der Waals surface area contributed by atoms with E-state index in [0.29, 0.717) is 12.5 Å². The maximum atomic E-state index is 12.3. The molecule has 6 nitrogen and oxygen atoms in total. The monoisotopic (exact) mass is 529 g/mol. The van der Waals surface area contributed by atoms with Gasteiger partial charge in [0.05, 0.1) is 24.9 Å². The Labute approximate surface area is 231 Å². The van der Waals surface area contributed by atoms with Crippen LogP contribution in [0, 0.1) is 0 Å². The number of esters is 1. The van der Waals surface area contributed by atoms with Crippen LogP contribution in [0.5, 0.6) is 5.75 Å². The van der Waals surface area contributed by atoms with Gasteiger partial charge in [0.25, 0.3) is 0 Å². The number of ether oxygens (including phenoxy) is 3. The van der Waals surface area contributed by atoms with Crippen molar-refractivity contribution in [3.05, 3.63) is 102 Å². The third-order valence-corrected chi connectivity index (χ3v) is 7.98. The van der Waals surface area contributed by atoms with Crippen molar-refractivity contribution < 1.29 is 24.1 Å². The minimum Gasteiger partial charge on any atom is -0.482 e. The Bertz CT molecular complexity index is 1160. The third-order valence-electron chi connectivity index (χ3n) is 7.98. The van der Waals surface area contributed by atoms with E-state index in [1.54, 1.807) is 0 Å². The fourth-order valence-electron chi connectivity index (χ4n) is 5.77. The lowest BCUT2D eigenvalue weighted by Gasteiger charge is -2.32. The van der Waals surface area contributed by atoms with Crippen molar-refractivity contribution in [2.45, 2.75) is 69.4 Å². The van der Waals surface area contributed by atoms with Crippen molar-refractivity contribution in [2.24, 2.45) is 0 Å². The largest absolute Gasteiger partial charge is 0.482 e. The minimum absolute atomic E-state index is 0.0405. The van der Waals surface area contributed by atoms with Gasteiger partial charge in [-0.2, -0.15) is 0 Å². The van der Waals surface area contributed by atoms with E-state index in [-0.39, 0.29) is 37.4 Å². The second-order valence-corrected chi connectivity index (χ2v) is 10.7. The standard InChI is InChI=1S/C33H39NO5/c35-31-19-20-34(21-25-9-3-1-4-10-25)30(31)23-37-28-17-15-27(16-18-28)29-13-7-8-14-32(29)38-24-33(36)39-22-26-11-5-2-6-12-26/h1-14,27-28,30-31,35H,15-24H2/t27?,28?,30-,31+/m0/s1. The molecule has 5 rings (SSSR count). The fraction of sp³-hybridized carbons (Fsp3) is 0.424. The number of para-hydroxylation sites is 1. The maximum absolute atomic E-state index is 12.3. The third kappa shape index (κ3) is 7.69.